The van der Waals surface area contributed by atoms with E-state index in [1.165, 1.54) is 26.6 Å². The molecule has 0 fully saturated rings. The Bertz CT molecular complexity index is 1760. The lowest BCUT2D eigenvalue weighted by Crippen LogP contribution is -2.35. The maximum absolute atomic E-state index is 14.0. The zero-order chi connectivity index (χ0) is 27.2. The SMILES string of the molecule is COc1ncc(-c2c(-c3ccc(Cl)cc3)c(=O)n(Cc3ccc(C(F)(F)F)cn3)n3c(=O)n(C)nc23)cn1. The van der Waals surface area contributed by atoms with Gasteiger partial charge in [0.1, 0.15) is 0 Å². The van der Waals surface area contributed by atoms with Gasteiger partial charge < -0.3 is 4.74 Å². The summed E-state index contributed by atoms with van der Waals surface area (Å²) in [6.45, 7) is -0.306. The Labute approximate surface area is 216 Å². The van der Waals surface area contributed by atoms with Crippen LogP contribution in [-0.2, 0) is 19.8 Å². The minimum absolute atomic E-state index is 0.0953. The molecule has 4 aromatic heterocycles. The van der Waals surface area contributed by atoms with Crippen molar-refractivity contribution < 1.29 is 17.9 Å². The highest BCUT2D eigenvalue weighted by molar-refractivity contribution is 6.30. The molecule has 0 aliphatic rings. The van der Waals surface area contributed by atoms with E-state index in [-0.39, 0.29) is 35.0 Å². The van der Waals surface area contributed by atoms with Crippen molar-refractivity contribution >= 4 is 17.2 Å². The molecule has 0 amide bonds. The summed E-state index contributed by atoms with van der Waals surface area (Å²) in [5.74, 6) is 0. The highest BCUT2D eigenvalue weighted by atomic mass is 35.5. The normalized spacial score (nSPS) is 11.7. The standard InChI is InChI=1S/C24H17ClF3N7O3/c1-33-23(37)35-20(32-33)18(14-9-30-22(38-2)31-10-14)19(13-3-6-16(25)7-4-13)21(36)34(35)12-17-8-5-15(11-29-17)24(26,27)28/h3-11H,12H2,1-2H3. The number of fused-ring (bicyclic) bond motifs is 1. The largest absolute Gasteiger partial charge is 0.467 e. The average Bonchev–Trinajstić information content (AvgIpc) is 3.19. The monoisotopic (exact) mass is 543 g/mol. The molecule has 1 aromatic carbocycles. The number of nitrogens with zero attached hydrogens (tertiary/aromatic N) is 7. The third-order valence-electron chi connectivity index (χ3n) is 5.76. The molecule has 0 bridgehead atoms. The first kappa shape index (κ1) is 25.1. The molecule has 0 aliphatic carbocycles. The quantitative estimate of drug-likeness (QED) is 0.334. The molecule has 0 atom stereocenters. The van der Waals surface area contributed by atoms with Crippen molar-refractivity contribution in [1.29, 1.82) is 0 Å². The van der Waals surface area contributed by atoms with Crippen LogP contribution < -0.4 is 16.0 Å². The van der Waals surface area contributed by atoms with Gasteiger partial charge in [0.05, 0.1) is 30.5 Å². The van der Waals surface area contributed by atoms with E-state index in [1.54, 1.807) is 24.3 Å². The lowest BCUT2D eigenvalue weighted by atomic mass is 9.98. The third-order valence-corrected chi connectivity index (χ3v) is 6.01. The average molecular weight is 544 g/mol. The van der Waals surface area contributed by atoms with Gasteiger partial charge in [-0.05, 0) is 29.8 Å². The molecule has 0 saturated heterocycles. The van der Waals surface area contributed by atoms with Crippen molar-refractivity contribution in [3.05, 3.63) is 92.1 Å². The number of hydrogen-bond donors (Lipinski definition) is 0. The minimum atomic E-state index is -4.57. The van der Waals surface area contributed by atoms with Gasteiger partial charge in [-0.1, -0.05) is 23.7 Å². The number of alkyl halides is 3. The van der Waals surface area contributed by atoms with Crippen molar-refractivity contribution in [1.82, 2.24) is 33.9 Å². The summed E-state index contributed by atoms with van der Waals surface area (Å²) < 4.78 is 47.3. The highest BCUT2D eigenvalue weighted by Crippen LogP contribution is 2.33. The summed E-state index contributed by atoms with van der Waals surface area (Å²) in [6.07, 6.45) is -1.03. The smallest absolute Gasteiger partial charge is 0.417 e. The highest BCUT2D eigenvalue weighted by Gasteiger charge is 2.31. The second-order valence-corrected chi connectivity index (χ2v) is 8.59. The topological polar surface area (TPSA) is 109 Å². The first-order chi connectivity index (χ1) is 18.1. The van der Waals surface area contributed by atoms with Crippen molar-refractivity contribution in [2.45, 2.75) is 12.7 Å². The molecule has 14 heteroatoms. The van der Waals surface area contributed by atoms with Gasteiger partial charge in [-0.15, -0.1) is 5.10 Å². The Morgan fingerprint density at radius 3 is 2.18 bits per heavy atom. The Hall–Kier alpha value is -4.52. The molecule has 0 radical (unpaired) electrons. The van der Waals surface area contributed by atoms with Crippen LogP contribution in [0.25, 0.3) is 27.9 Å². The maximum Gasteiger partial charge on any atom is 0.417 e. The number of pyridine rings is 1. The van der Waals surface area contributed by atoms with Crippen molar-refractivity contribution in [3.63, 3.8) is 0 Å². The predicted molar refractivity (Wildman–Crippen MR) is 131 cm³/mol. The molecular formula is C24H17ClF3N7O3. The molecule has 194 valence electrons. The molecule has 5 aromatic rings. The lowest BCUT2D eigenvalue weighted by Gasteiger charge is -2.16. The van der Waals surface area contributed by atoms with Crippen LogP contribution in [0.3, 0.4) is 0 Å². The molecule has 0 saturated carbocycles. The van der Waals surface area contributed by atoms with Crippen LogP contribution in [-0.4, -0.2) is 41.0 Å². The number of halogens is 4. The number of aromatic nitrogens is 7. The molecule has 0 unspecified atom stereocenters. The van der Waals surface area contributed by atoms with E-state index in [2.05, 4.69) is 20.1 Å². The molecular weight excluding hydrogens is 527 g/mol. The molecule has 4 heterocycles. The summed E-state index contributed by atoms with van der Waals surface area (Å²) in [5, 5.41) is 4.79. The van der Waals surface area contributed by atoms with E-state index in [1.807, 2.05) is 0 Å². The first-order valence-electron chi connectivity index (χ1n) is 11.0. The summed E-state index contributed by atoms with van der Waals surface area (Å²) in [7, 11) is 2.82. The molecule has 0 N–H and O–H groups in total. The van der Waals surface area contributed by atoms with Gasteiger partial charge in [-0.2, -0.15) is 17.7 Å². The van der Waals surface area contributed by atoms with Gasteiger partial charge >= 0.3 is 17.9 Å². The van der Waals surface area contributed by atoms with Crippen molar-refractivity contribution in [2.24, 2.45) is 7.05 Å². The van der Waals surface area contributed by atoms with Crippen LogP contribution >= 0.6 is 11.6 Å². The fourth-order valence-electron chi connectivity index (χ4n) is 3.96. The Kier molecular flexibility index (Phi) is 6.23. The second-order valence-electron chi connectivity index (χ2n) is 8.16. The van der Waals surface area contributed by atoms with E-state index in [0.29, 0.717) is 22.3 Å². The number of benzene rings is 1. The Morgan fingerprint density at radius 1 is 0.921 bits per heavy atom. The van der Waals surface area contributed by atoms with Crippen LogP contribution in [0.15, 0.2) is 64.6 Å². The molecule has 38 heavy (non-hydrogen) atoms. The van der Waals surface area contributed by atoms with Crippen molar-refractivity contribution in [2.75, 3.05) is 7.11 Å². The first-order valence-corrected chi connectivity index (χ1v) is 11.3. The van der Waals surface area contributed by atoms with Gasteiger partial charge in [0.15, 0.2) is 5.65 Å². The van der Waals surface area contributed by atoms with Gasteiger partial charge in [0.25, 0.3) is 5.56 Å². The number of aryl methyl sites for hydroxylation is 1. The molecule has 0 aliphatic heterocycles. The maximum atomic E-state index is 14.0. The van der Waals surface area contributed by atoms with Gasteiger partial charge in [0, 0.05) is 41.8 Å². The van der Waals surface area contributed by atoms with E-state index < -0.39 is 23.0 Å². The summed E-state index contributed by atoms with van der Waals surface area (Å²) >= 11 is 6.06. The Morgan fingerprint density at radius 2 is 1.61 bits per heavy atom. The van der Waals surface area contributed by atoms with Crippen LogP contribution in [0, 0.1) is 0 Å². The van der Waals surface area contributed by atoms with E-state index in [0.717, 1.165) is 26.0 Å². The fourth-order valence-corrected chi connectivity index (χ4v) is 4.08. The van der Waals surface area contributed by atoms with E-state index >= 15 is 0 Å². The Balaban J connectivity index is 1.82. The molecule has 0 spiro atoms. The summed E-state index contributed by atoms with van der Waals surface area (Å²) in [4.78, 5) is 39.3. The van der Waals surface area contributed by atoms with Gasteiger partial charge in [-0.3, -0.25) is 9.78 Å². The van der Waals surface area contributed by atoms with E-state index in [4.69, 9.17) is 16.3 Å². The number of ether oxygens (including phenoxy) is 1. The van der Waals surface area contributed by atoms with E-state index in [9.17, 15) is 22.8 Å². The fraction of sp³-hybridized carbons (Fsp3) is 0.167. The van der Waals surface area contributed by atoms with Gasteiger partial charge in [-0.25, -0.2) is 24.1 Å². The molecule has 10 nitrogen and oxygen atoms in total. The summed E-state index contributed by atoms with van der Waals surface area (Å²) in [5.41, 5.74) is -0.723. The summed E-state index contributed by atoms with van der Waals surface area (Å²) in [6, 6.07) is 8.56. The third kappa shape index (κ3) is 4.41. The van der Waals surface area contributed by atoms with Crippen LogP contribution in [0.1, 0.15) is 11.3 Å². The van der Waals surface area contributed by atoms with Crippen LogP contribution in [0.2, 0.25) is 5.02 Å². The minimum Gasteiger partial charge on any atom is -0.467 e. The number of rotatable bonds is 5. The zero-order valence-corrected chi connectivity index (χ0v) is 20.5. The van der Waals surface area contributed by atoms with Crippen LogP contribution in [0.5, 0.6) is 6.01 Å². The van der Waals surface area contributed by atoms with Gasteiger partial charge in [0.2, 0.25) is 0 Å². The lowest BCUT2D eigenvalue weighted by molar-refractivity contribution is -0.137. The predicted octanol–water partition coefficient (Wildman–Crippen LogP) is 3.44. The van der Waals surface area contributed by atoms with Crippen molar-refractivity contribution in [3.8, 4) is 28.3 Å². The van der Waals surface area contributed by atoms with Crippen LogP contribution in [0.4, 0.5) is 13.2 Å². The second kappa shape index (κ2) is 9.41. The number of methoxy groups -OCH3 is 1. The number of hydrogen-bond acceptors (Lipinski definition) is 7. The zero-order valence-electron chi connectivity index (χ0n) is 19.8. The molecule has 5 rings (SSSR count).